The van der Waals surface area contributed by atoms with Gasteiger partial charge in [-0.25, -0.2) is 4.98 Å². The summed E-state index contributed by atoms with van der Waals surface area (Å²) in [5, 5.41) is 3.15. The molecule has 0 fully saturated rings. The van der Waals surface area contributed by atoms with E-state index in [4.69, 9.17) is 4.98 Å². The maximum absolute atomic E-state index is 12.8. The van der Waals surface area contributed by atoms with Crippen LogP contribution in [-0.4, -0.2) is 15.5 Å². The summed E-state index contributed by atoms with van der Waals surface area (Å²) in [6, 6.07) is 27.7. The Labute approximate surface area is 164 Å². The molecule has 1 amide bonds. The van der Waals surface area contributed by atoms with Crippen LogP contribution in [0, 0.1) is 0 Å². The van der Waals surface area contributed by atoms with E-state index in [9.17, 15) is 4.79 Å². The van der Waals surface area contributed by atoms with Crippen LogP contribution in [0.2, 0.25) is 0 Å². The third kappa shape index (κ3) is 3.54. The summed E-state index contributed by atoms with van der Waals surface area (Å²) in [5.41, 5.74) is 3.18. The predicted molar refractivity (Wildman–Crippen MR) is 112 cm³/mol. The van der Waals surface area contributed by atoms with Crippen molar-refractivity contribution in [2.24, 2.45) is 0 Å². The molecule has 28 heavy (non-hydrogen) atoms. The quantitative estimate of drug-likeness (QED) is 0.552. The van der Waals surface area contributed by atoms with E-state index in [2.05, 4.69) is 28.1 Å². The van der Waals surface area contributed by atoms with Gasteiger partial charge in [-0.15, -0.1) is 0 Å². The third-order valence-electron chi connectivity index (χ3n) is 4.86. The van der Waals surface area contributed by atoms with E-state index in [0.29, 0.717) is 12.1 Å². The number of amides is 1. The van der Waals surface area contributed by atoms with Gasteiger partial charge >= 0.3 is 0 Å². The van der Waals surface area contributed by atoms with Crippen LogP contribution in [0.25, 0.3) is 11.0 Å². The lowest BCUT2D eigenvalue weighted by atomic mass is 10.0. The summed E-state index contributed by atoms with van der Waals surface area (Å²) in [4.78, 5) is 17.6. The second-order valence-electron chi connectivity index (χ2n) is 7.44. The van der Waals surface area contributed by atoms with E-state index in [-0.39, 0.29) is 5.91 Å². The van der Waals surface area contributed by atoms with Gasteiger partial charge in [0, 0.05) is 12.1 Å². The van der Waals surface area contributed by atoms with Crippen LogP contribution >= 0.6 is 0 Å². The molecular weight excluding hydrogens is 346 g/mol. The van der Waals surface area contributed by atoms with E-state index >= 15 is 0 Å². The Morgan fingerprint density at radius 3 is 2.21 bits per heavy atom. The standard InChI is InChI=1S/C24H23N3O/c1-24(2,26-22(28)19-13-7-4-8-14-19)23-25-20-15-9-10-16-21(20)27(23)17-18-11-5-3-6-12-18/h3-16H,17H2,1-2H3,(H,26,28). The smallest absolute Gasteiger partial charge is 0.252 e. The second-order valence-corrected chi connectivity index (χ2v) is 7.44. The first kappa shape index (κ1) is 18.0. The fourth-order valence-corrected chi connectivity index (χ4v) is 3.48. The van der Waals surface area contributed by atoms with Gasteiger partial charge < -0.3 is 9.88 Å². The van der Waals surface area contributed by atoms with Crippen LogP contribution in [0.5, 0.6) is 0 Å². The molecule has 4 aromatic rings. The van der Waals surface area contributed by atoms with E-state index in [0.717, 1.165) is 16.9 Å². The largest absolute Gasteiger partial charge is 0.340 e. The van der Waals surface area contributed by atoms with Gasteiger partial charge in [0.15, 0.2) is 0 Å². The highest BCUT2D eigenvalue weighted by atomic mass is 16.1. The minimum atomic E-state index is -0.638. The highest BCUT2D eigenvalue weighted by Gasteiger charge is 2.30. The zero-order chi connectivity index (χ0) is 19.6. The van der Waals surface area contributed by atoms with Gasteiger partial charge in [-0.2, -0.15) is 0 Å². The molecule has 1 N–H and O–H groups in total. The van der Waals surface area contributed by atoms with E-state index in [1.807, 2.05) is 80.6 Å². The monoisotopic (exact) mass is 369 g/mol. The van der Waals surface area contributed by atoms with Crippen LogP contribution in [0.15, 0.2) is 84.9 Å². The Kier molecular flexibility index (Phi) is 4.70. The van der Waals surface area contributed by atoms with Crippen LogP contribution < -0.4 is 5.32 Å². The van der Waals surface area contributed by atoms with Crippen molar-refractivity contribution in [2.75, 3.05) is 0 Å². The maximum atomic E-state index is 12.8. The summed E-state index contributed by atoms with van der Waals surface area (Å²) in [5.74, 6) is 0.728. The lowest BCUT2D eigenvalue weighted by Crippen LogP contribution is -2.43. The first-order valence-corrected chi connectivity index (χ1v) is 9.42. The summed E-state index contributed by atoms with van der Waals surface area (Å²) in [6.45, 7) is 4.69. The molecule has 0 saturated carbocycles. The Morgan fingerprint density at radius 1 is 0.893 bits per heavy atom. The first-order chi connectivity index (χ1) is 13.5. The second kappa shape index (κ2) is 7.31. The maximum Gasteiger partial charge on any atom is 0.252 e. The van der Waals surface area contributed by atoms with Gasteiger partial charge in [0.25, 0.3) is 5.91 Å². The zero-order valence-electron chi connectivity index (χ0n) is 16.1. The molecular formula is C24H23N3O. The minimum absolute atomic E-state index is 0.107. The SMILES string of the molecule is CC(C)(NC(=O)c1ccccc1)c1nc2ccccc2n1Cc1ccccc1. The normalized spacial score (nSPS) is 11.5. The number of hydrogen-bond acceptors (Lipinski definition) is 2. The molecule has 1 heterocycles. The van der Waals surface area contributed by atoms with Crippen LogP contribution in [0.4, 0.5) is 0 Å². The Hall–Kier alpha value is -3.40. The summed E-state index contributed by atoms with van der Waals surface area (Å²) < 4.78 is 2.19. The Balaban J connectivity index is 1.74. The molecule has 0 aliphatic carbocycles. The number of nitrogens with one attached hydrogen (secondary N) is 1. The molecule has 4 rings (SSSR count). The Morgan fingerprint density at radius 2 is 1.50 bits per heavy atom. The van der Waals surface area contributed by atoms with Crippen molar-refractivity contribution >= 4 is 16.9 Å². The molecule has 140 valence electrons. The summed E-state index contributed by atoms with van der Waals surface area (Å²) in [7, 11) is 0. The topological polar surface area (TPSA) is 46.9 Å². The van der Waals surface area contributed by atoms with Crippen molar-refractivity contribution in [1.82, 2.24) is 14.9 Å². The molecule has 1 aromatic heterocycles. The van der Waals surface area contributed by atoms with Gasteiger partial charge in [0.05, 0.1) is 16.6 Å². The number of hydrogen-bond donors (Lipinski definition) is 1. The van der Waals surface area contributed by atoms with E-state index in [1.54, 1.807) is 0 Å². The molecule has 4 nitrogen and oxygen atoms in total. The average Bonchev–Trinajstić information content (AvgIpc) is 3.09. The van der Waals surface area contributed by atoms with Crippen molar-refractivity contribution in [2.45, 2.75) is 25.9 Å². The number of carbonyl (C=O) groups excluding carboxylic acids is 1. The number of rotatable bonds is 5. The van der Waals surface area contributed by atoms with Gasteiger partial charge in [0.2, 0.25) is 0 Å². The Bertz CT molecular complexity index is 1100. The predicted octanol–water partition coefficient (Wildman–Crippen LogP) is 4.75. The zero-order valence-corrected chi connectivity index (χ0v) is 16.1. The van der Waals surface area contributed by atoms with Crippen molar-refractivity contribution in [1.29, 1.82) is 0 Å². The number of benzene rings is 3. The molecule has 3 aromatic carbocycles. The number of nitrogens with zero attached hydrogens (tertiary/aromatic N) is 2. The lowest BCUT2D eigenvalue weighted by molar-refractivity contribution is 0.0907. The van der Waals surface area contributed by atoms with Crippen molar-refractivity contribution in [3.8, 4) is 0 Å². The number of carbonyl (C=O) groups is 1. The van der Waals surface area contributed by atoms with Gasteiger partial charge in [-0.05, 0) is 43.7 Å². The molecule has 4 heteroatoms. The number of fused-ring (bicyclic) bond motifs is 1. The fourth-order valence-electron chi connectivity index (χ4n) is 3.48. The highest BCUT2D eigenvalue weighted by molar-refractivity contribution is 5.94. The molecule has 0 aliphatic rings. The highest BCUT2D eigenvalue weighted by Crippen LogP contribution is 2.26. The lowest BCUT2D eigenvalue weighted by Gasteiger charge is -2.27. The molecule has 0 bridgehead atoms. The van der Waals surface area contributed by atoms with Crippen molar-refractivity contribution < 1.29 is 4.79 Å². The summed E-state index contributed by atoms with van der Waals surface area (Å²) >= 11 is 0. The van der Waals surface area contributed by atoms with Gasteiger partial charge in [-0.1, -0.05) is 60.7 Å². The van der Waals surface area contributed by atoms with E-state index < -0.39 is 5.54 Å². The first-order valence-electron chi connectivity index (χ1n) is 9.42. The minimum Gasteiger partial charge on any atom is -0.340 e. The van der Waals surface area contributed by atoms with Crippen LogP contribution in [0.1, 0.15) is 35.6 Å². The summed E-state index contributed by atoms with van der Waals surface area (Å²) in [6.07, 6.45) is 0. The molecule has 0 saturated heterocycles. The van der Waals surface area contributed by atoms with Crippen molar-refractivity contribution in [3.05, 3.63) is 102 Å². The van der Waals surface area contributed by atoms with Crippen LogP contribution in [-0.2, 0) is 12.1 Å². The van der Waals surface area contributed by atoms with E-state index in [1.165, 1.54) is 5.56 Å². The molecule has 0 spiro atoms. The third-order valence-corrected chi connectivity index (χ3v) is 4.86. The molecule has 0 radical (unpaired) electrons. The van der Waals surface area contributed by atoms with Crippen molar-refractivity contribution in [3.63, 3.8) is 0 Å². The van der Waals surface area contributed by atoms with Crippen LogP contribution in [0.3, 0.4) is 0 Å². The number of imidazole rings is 1. The molecule has 0 aliphatic heterocycles. The number of aromatic nitrogens is 2. The van der Waals surface area contributed by atoms with Gasteiger partial charge in [-0.3, -0.25) is 4.79 Å². The number of para-hydroxylation sites is 2. The average molecular weight is 369 g/mol. The molecule has 0 unspecified atom stereocenters. The molecule has 0 atom stereocenters. The fraction of sp³-hybridized carbons (Fsp3) is 0.167. The van der Waals surface area contributed by atoms with Gasteiger partial charge in [0.1, 0.15) is 5.82 Å².